The molecule has 1 aliphatic rings. The van der Waals surface area contributed by atoms with Gasteiger partial charge >= 0.3 is 0 Å². The van der Waals surface area contributed by atoms with E-state index in [9.17, 15) is 18.8 Å². The molecular weight excluding hydrogens is 379 g/mol. The molecule has 1 N–H and O–H groups in total. The number of amides is 3. The maximum Gasteiger partial charge on any atom is 0.293 e. The predicted octanol–water partition coefficient (Wildman–Crippen LogP) is 3.91. The van der Waals surface area contributed by atoms with Crippen LogP contribution in [-0.2, 0) is 4.79 Å². The Morgan fingerprint density at radius 3 is 2.54 bits per heavy atom. The molecule has 1 fully saturated rings. The molecule has 1 heterocycles. The van der Waals surface area contributed by atoms with E-state index in [4.69, 9.17) is 0 Å². The van der Waals surface area contributed by atoms with E-state index < -0.39 is 5.91 Å². The van der Waals surface area contributed by atoms with Crippen molar-refractivity contribution in [1.82, 2.24) is 10.2 Å². The summed E-state index contributed by atoms with van der Waals surface area (Å²) in [6.45, 7) is 4.06. The lowest BCUT2D eigenvalue weighted by Crippen LogP contribution is -2.37. The molecule has 0 aromatic heterocycles. The zero-order valence-corrected chi connectivity index (χ0v) is 16.3. The standard InChI is InChI=1S/C21H19FN2O3S/c1-13-3-8-17(14(2)11-13)19(25)23-9-10-24-20(26)18(28-21(24)27)12-15-4-6-16(22)7-5-15/h3-8,11-12H,9-10H2,1-2H3,(H,23,25)/b18-12-. The van der Waals surface area contributed by atoms with Crippen molar-refractivity contribution in [3.63, 3.8) is 0 Å². The third-order valence-electron chi connectivity index (χ3n) is 4.29. The second-order valence-electron chi connectivity index (χ2n) is 6.46. The second-order valence-corrected chi connectivity index (χ2v) is 7.45. The number of hydrogen-bond donors (Lipinski definition) is 1. The maximum atomic E-state index is 13.0. The molecule has 144 valence electrons. The van der Waals surface area contributed by atoms with Crippen molar-refractivity contribution in [2.75, 3.05) is 13.1 Å². The van der Waals surface area contributed by atoms with Gasteiger partial charge in [-0.25, -0.2) is 4.39 Å². The minimum atomic E-state index is -0.417. The van der Waals surface area contributed by atoms with Crippen LogP contribution in [0.25, 0.3) is 6.08 Å². The van der Waals surface area contributed by atoms with Crippen LogP contribution >= 0.6 is 11.8 Å². The quantitative estimate of drug-likeness (QED) is 0.776. The summed E-state index contributed by atoms with van der Waals surface area (Å²) in [5, 5.41) is 2.35. The number of hydrogen-bond acceptors (Lipinski definition) is 4. The van der Waals surface area contributed by atoms with E-state index in [0.717, 1.165) is 27.8 Å². The van der Waals surface area contributed by atoms with Gasteiger partial charge in [-0.1, -0.05) is 29.8 Å². The van der Waals surface area contributed by atoms with Crippen LogP contribution in [0.3, 0.4) is 0 Å². The van der Waals surface area contributed by atoms with E-state index in [-0.39, 0.29) is 35.0 Å². The molecule has 0 unspecified atom stereocenters. The lowest BCUT2D eigenvalue weighted by atomic mass is 10.1. The first-order valence-corrected chi connectivity index (χ1v) is 9.53. The van der Waals surface area contributed by atoms with Crippen LogP contribution in [0.5, 0.6) is 0 Å². The van der Waals surface area contributed by atoms with Gasteiger partial charge < -0.3 is 5.32 Å². The Morgan fingerprint density at radius 2 is 1.86 bits per heavy atom. The summed E-state index contributed by atoms with van der Waals surface area (Å²) in [4.78, 5) is 38.3. The Morgan fingerprint density at radius 1 is 1.14 bits per heavy atom. The molecule has 1 saturated heterocycles. The molecule has 3 rings (SSSR count). The van der Waals surface area contributed by atoms with E-state index in [1.807, 2.05) is 26.0 Å². The highest BCUT2D eigenvalue weighted by molar-refractivity contribution is 8.18. The fraction of sp³-hybridized carbons (Fsp3) is 0.190. The maximum absolute atomic E-state index is 13.0. The molecule has 0 saturated carbocycles. The normalized spacial score (nSPS) is 15.4. The highest BCUT2D eigenvalue weighted by Gasteiger charge is 2.34. The van der Waals surface area contributed by atoms with Crippen LogP contribution in [0, 0.1) is 19.7 Å². The molecule has 0 radical (unpaired) electrons. The van der Waals surface area contributed by atoms with E-state index in [1.165, 1.54) is 24.3 Å². The molecule has 0 bridgehead atoms. The lowest BCUT2D eigenvalue weighted by Gasteiger charge is -2.13. The summed E-state index contributed by atoms with van der Waals surface area (Å²) in [6, 6.07) is 11.2. The first kappa shape index (κ1) is 19.8. The molecule has 7 heteroatoms. The zero-order chi connectivity index (χ0) is 20.3. The smallest absolute Gasteiger partial charge is 0.293 e. The van der Waals surface area contributed by atoms with Crippen LogP contribution in [0.2, 0.25) is 0 Å². The van der Waals surface area contributed by atoms with Gasteiger partial charge in [0, 0.05) is 18.7 Å². The number of carbonyl (C=O) groups is 3. The Hall–Kier alpha value is -2.93. The molecule has 0 atom stereocenters. The molecule has 0 spiro atoms. The van der Waals surface area contributed by atoms with Gasteiger partial charge in [-0.2, -0.15) is 0 Å². The largest absolute Gasteiger partial charge is 0.350 e. The van der Waals surface area contributed by atoms with Gasteiger partial charge in [-0.05, 0) is 61.0 Å². The number of nitrogens with one attached hydrogen (secondary N) is 1. The van der Waals surface area contributed by atoms with Crippen molar-refractivity contribution in [2.24, 2.45) is 0 Å². The average Bonchev–Trinajstić information content (AvgIpc) is 2.91. The minimum absolute atomic E-state index is 0.0854. The van der Waals surface area contributed by atoms with Gasteiger partial charge in [0.05, 0.1) is 4.91 Å². The number of imide groups is 1. The third kappa shape index (κ3) is 4.48. The van der Waals surface area contributed by atoms with Gasteiger partial charge in [0.25, 0.3) is 17.1 Å². The van der Waals surface area contributed by atoms with E-state index in [1.54, 1.807) is 12.1 Å². The van der Waals surface area contributed by atoms with Crippen molar-refractivity contribution in [3.8, 4) is 0 Å². The number of thioether (sulfide) groups is 1. The van der Waals surface area contributed by atoms with Gasteiger partial charge in [-0.3, -0.25) is 19.3 Å². The van der Waals surface area contributed by atoms with Crippen molar-refractivity contribution >= 4 is 34.9 Å². The predicted molar refractivity (Wildman–Crippen MR) is 107 cm³/mol. The Labute approximate surface area is 166 Å². The number of rotatable bonds is 5. The molecule has 2 aromatic rings. The average molecular weight is 398 g/mol. The van der Waals surface area contributed by atoms with Gasteiger partial charge in [-0.15, -0.1) is 0 Å². The minimum Gasteiger partial charge on any atom is -0.350 e. The lowest BCUT2D eigenvalue weighted by molar-refractivity contribution is -0.122. The SMILES string of the molecule is Cc1ccc(C(=O)NCCN2C(=O)S/C(=C\c3ccc(F)cc3)C2=O)c(C)c1. The van der Waals surface area contributed by atoms with Crippen LogP contribution in [0.4, 0.5) is 9.18 Å². The summed E-state index contributed by atoms with van der Waals surface area (Å²) in [5.41, 5.74) is 3.14. The van der Waals surface area contributed by atoms with Gasteiger partial charge in [0.15, 0.2) is 0 Å². The molecule has 5 nitrogen and oxygen atoms in total. The monoisotopic (exact) mass is 398 g/mol. The summed E-state index contributed by atoms with van der Waals surface area (Å²) >= 11 is 0.832. The van der Waals surface area contributed by atoms with E-state index in [0.29, 0.717) is 11.1 Å². The molecule has 28 heavy (non-hydrogen) atoms. The zero-order valence-electron chi connectivity index (χ0n) is 15.5. The fourth-order valence-corrected chi connectivity index (χ4v) is 3.71. The number of halogens is 1. The van der Waals surface area contributed by atoms with Crippen LogP contribution in [-0.4, -0.2) is 35.0 Å². The molecular formula is C21H19FN2O3S. The number of nitrogens with zero attached hydrogens (tertiary/aromatic N) is 1. The third-order valence-corrected chi connectivity index (χ3v) is 5.20. The van der Waals surface area contributed by atoms with Crippen molar-refractivity contribution in [1.29, 1.82) is 0 Å². The topological polar surface area (TPSA) is 66.5 Å². The van der Waals surface area contributed by atoms with Crippen molar-refractivity contribution in [2.45, 2.75) is 13.8 Å². The Balaban J connectivity index is 1.60. The summed E-state index contributed by atoms with van der Waals surface area (Å²) in [5.74, 6) is -1.03. The molecule has 3 amide bonds. The van der Waals surface area contributed by atoms with Crippen LogP contribution in [0.1, 0.15) is 27.0 Å². The Bertz CT molecular complexity index is 970. The number of aryl methyl sites for hydroxylation is 2. The summed E-state index contributed by atoms with van der Waals surface area (Å²) in [7, 11) is 0. The molecule has 2 aromatic carbocycles. The molecule has 1 aliphatic heterocycles. The number of carbonyl (C=O) groups excluding carboxylic acids is 3. The van der Waals surface area contributed by atoms with Gasteiger partial charge in [0.2, 0.25) is 0 Å². The van der Waals surface area contributed by atoms with Gasteiger partial charge in [0.1, 0.15) is 5.82 Å². The van der Waals surface area contributed by atoms with E-state index in [2.05, 4.69) is 5.32 Å². The van der Waals surface area contributed by atoms with Crippen molar-refractivity contribution in [3.05, 3.63) is 75.4 Å². The van der Waals surface area contributed by atoms with Crippen molar-refractivity contribution < 1.29 is 18.8 Å². The number of benzene rings is 2. The first-order valence-electron chi connectivity index (χ1n) is 8.71. The highest BCUT2D eigenvalue weighted by atomic mass is 32.2. The highest BCUT2D eigenvalue weighted by Crippen LogP contribution is 2.31. The fourth-order valence-electron chi connectivity index (χ4n) is 2.85. The Kier molecular flexibility index (Phi) is 5.94. The van der Waals surface area contributed by atoms with Crippen LogP contribution < -0.4 is 5.32 Å². The first-order chi connectivity index (χ1) is 13.3. The van der Waals surface area contributed by atoms with Crippen LogP contribution in [0.15, 0.2) is 47.4 Å². The van der Waals surface area contributed by atoms with E-state index >= 15 is 0 Å². The second kappa shape index (κ2) is 8.39. The summed E-state index contributed by atoms with van der Waals surface area (Å²) in [6.07, 6.45) is 1.55. The molecule has 0 aliphatic carbocycles. The summed E-state index contributed by atoms with van der Waals surface area (Å²) < 4.78 is 13.0.